The van der Waals surface area contributed by atoms with Gasteiger partial charge in [-0.2, -0.15) is 5.26 Å². The molecule has 0 atom stereocenters. The average Bonchev–Trinajstić information content (AvgIpc) is 3.05. The smallest absolute Gasteiger partial charge is 0.0998 e. The van der Waals surface area contributed by atoms with Gasteiger partial charge in [-0.05, 0) is 73.8 Å². The molecule has 2 aromatic carbocycles. The predicted molar refractivity (Wildman–Crippen MR) is 97.9 cm³/mol. The quantitative estimate of drug-likeness (QED) is 0.755. The molecule has 2 heterocycles. The van der Waals surface area contributed by atoms with E-state index in [2.05, 4.69) is 47.4 Å². The van der Waals surface area contributed by atoms with Gasteiger partial charge in [-0.15, -0.1) is 0 Å². The van der Waals surface area contributed by atoms with Crippen molar-refractivity contribution in [2.24, 2.45) is 0 Å². The lowest BCUT2D eigenvalue weighted by Crippen LogP contribution is -2.29. The van der Waals surface area contributed by atoms with Gasteiger partial charge in [0.25, 0.3) is 0 Å². The van der Waals surface area contributed by atoms with Crippen LogP contribution in [0.5, 0.6) is 0 Å². The summed E-state index contributed by atoms with van der Waals surface area (Å²) in [5.74, 6) is 0.622. The monoisotopic (exact) mass is 315 g/mol. The van der Waals surface area contributed by atoms with Crippen molar-refractivity contribution in [2.45, 2.75) is 18.8 Å². The highest BCUT2D eigenvalue weighted by atomic mass is 15.1. The topological polar surface area (TPSA) is 42.8 Å². The number of hydrogen-bond acceptors (Lipinski definition) is 2. The van der Waals surface area contributed by atoms with Gasteiger partial charge in [0.2, 0.25) is 0 Å². The van der Waals surface area contributed by atoms with E-state index in [0.717, 1.165) is 29.8 Å². The zero-order valence-electron chi connectivity index (χ0n) is 13.9. The van der Waals surface area contributed by atoms with Crippen molar-refractivity contribution in [2.75, 3.05) is 20.1 Å². The molecule has 0 bridgehead atoms. The lowest BCUT2D eigenvalue weighted by molar-refractivity contribution is 0.256. The highest BCUT2D eigenvalue weighted by Gasteiger charge is 2.21. The molecule has 1 saturated heterocycles. The van der Waals surface area contributed by atoms with E-state index >= 15 is 0 Å². The maximum absolute atomic E-state index is 9.38. The van der Waals surface area contributed by atoms with Gasteiger partial charge < -0.3 is 9.88 Å². The minimum atomic E-state index is 0.622. The molecule has 3 heteroatoms. The number of hydrogen-bond donors (Lipinski definition) is 1. The molecule has 0 aliphatic carbocycles. The Morgan fingerprint density at radius 1 is 1.12 bits per heavy atom. The fourth-order valence-electron chi connectivity index (χ4n) is 3.80. The number of nitrogens with zero attached hydrogens (tertiary/aromatic N) is 2. The SMILES string of the molecule is CN1CCC(c2c[nH]c3ccc(-c4ccccc4C#N)cc23)CC1. The molecule has 1 aliphatic rings. The molecular weight excluding hydrogens is 294 g/mol. The maximum Gasteiger partial charge on any atom is 0.0998 e. The van der Waals surface area contributed by atoms with Gasteiger partial charge >= 0.3 is 0 Å². The molecule has 1 aliphatic heterocycles. The van der Waals surface area contributed by atoms with Gasteiger partial charge in [-0.25, -0.2) is 0 Å². The van der Waals surface area contributed by atoms with Gasteiger partial charge in [0.15, 0.2) is 0 Å². The number of rotatable bonds is 2. The van der Waals surface area contributed by atoms with Crippen molar-refractivity contribution in [3.63, 3.8) is 0 Å². The normalized spacial score (nSPS) is 16.3. The van der Waals surface area contributed by atoms with Crippen LogP contribution in [0.1, 0.15) is 29.9 Å². The van der Waals surface area contributed by atoms with E-state index in [1.165, 1.54) is 29.3 Å². The zero-order valence-corrected chi connectivity index (χ0v) is 13.9. The van der Waals surface area contributed by atoms with Gasteiger partial charge in [0.05, 0.1) is 11.6 Å². The third-order valence-corrected chi connectivity index (χ3v) is 5.23. The molecule has 0 saturated carbocycles. The van der Waals surface area contributed by atoms with Crippen LogP contribution in [-0.4, -0.2) is 30.0 Å². The Hall–Kier alpha value is -2.57. The lowest BCUT2D eigenvalue weighted by Gasteiger charge is -2.28. The summed E-state index contributed by atoms with van der Waals surface area (Å²) in [5, 5.41) is 10.7. The number of nitriles is 1. The molecule has 24 heavy (non-hydrogen) atoms. The Kier molecular flexibility index (Phi) is 3.84. The fraction of sp³-hybridized carbons (Fsp3) is 0.286. The van der Waals surface area contributed by atoms with Crippen LogP contribution in [0.3, 0.4) is 0 Å². The van der Waals surface area contributed by atoms with Crippen molar-refractivity contribution in [3.8, 4) is 17.2 Å². The Morgan fingerprint density at radius 2 is 1.92 bits per heavy atom. The number of fused-ring (bicyclic) bond motifs is 1. The van der Waals surface area contributed by atoms with Crippen LogP contribution in [0.4, 0.5) is 0 Å². The third-order valence-electron chi connectivity index (χ3n) is 5.23. The first kappa shape index (κ1) is 15.0. The van der Waals surface area contributed by atoms with E-state index < -0.39 is 0 Å². The molecule has 4 rings (SSSR count). The Labute approximate surface area is 142 Å². The second-order valence-corrected chi connectivity index (χ2v) is 6.74. The third kappa shape index (κ3) is 2.60. The zero-order chi connectivity index (χ0) is 16.5. The molecule has 1 aromatic heterocycles. The van der Waals surface area contributed by atoms with Gasteiger partial charge in [-0.3, -0.25) is 0 Å². The van der Waals surface area contributed by atoms with E-state index in [1.54, 1.807) is 0 Å². The standard InChI is InChI=1S/C21H21N3/c1-24-10-8-15(9-11-24)20-14-23-21-7-6-16(12-19(20)21)18-5-3-2-4-17(18)13-22/h2-7,12,14-15,23H,8-11H2,1H3. The first-order valence-electron chi connectivity index (χ1n) is 8.55. The van der Waals surface area contributed by atoms with Crippen LogP contribution in [0.15, 0.2) is 48.7 Å². The summed E-state index contributed by atoms with van der Waals surface area (Å²) in [6.07, 6.45) is 4.60. The highest BCUT2D eigenvalue weighted by molar-refractivity contribution is 5.89. The van der Waals surface area contributed by atoms with Crippen molar-refractivity contribution in [1.82, 2.24) is 9.88 Å². The van der Waals surface area contributed by atoms with E-state index in [4.69, 9.17) is 0 Å². The number of piperidine rings is 1. The minimum Gasteiger partial charge on any atom is -0.361 e. The van der Waals surface area contributed by atoms with Crippen LogP contribution < -0.4 is 0 Å². The second-order valence-electron chi connectivity index (χ2n) is 6.74. The summed E-state index contributed by atoms with van der Waals surface area (Å²) in [5.41, 5.74) is 5.47. The van der Waals surface area contributed by atoms with Crippen molar-refractivity contribution < 1.29 is 0 Å². The second kappa shape index (κ2) is 6.14. The molecule has 0 unspecified atom stereocenters. The van der Waals surface area contributed by atoms with Gasteiger partial charge in [0.1, 0.15) is 0 Å². The lowest BCUT2D eigenvalue weighted by atomic mass is 9.88. The largest absolute Gasteiger partial charge is 0.361 e. The minimum absolute atomic E-state index is 0.622. The molecule has 3 aromatic rings. The van der Waals surface area contributed by atoms with E-state index in [1.807, 2.05) is 24.3 Å². The number of aromatic nitrogens is 1. The Morgan fingerprint density at radius 3 is 2.71 bits per heavy atom. The molecule has 1 fully saturated rings. The molecule has 1 N–H and O–H groups in total. The Balaban J connectivity index is 1.78. The molecule has 0 amide bonds. The molecule has 3 nitrogen and oxygen atoms in total. The summed E-state index contributed by atoms with van der Waals surface area (Å²) in [7, 11) is 2.20. The van der Waals surface area contributed by atoms with Crippen molar-refractivity contribution >= 4 is 10.9 Å². The maximum atomic E-state index is 9.38. The average molecular weight is 315 g/mol. The van der Waals surface area contributed by atoms with Gasteiger partial charge in [-0.1, -0.05) is 24.3 Å². The van der Waals surface area contributed by atoms with Crippen LogP contribution in [0.25, 0.3) is 22.0 Å². The van der Waals surface area contributed by atoms with Crippen molar-refractivity contribution in [3.05, 3.63) is 59.8 Å². The summed E-state index contributed by atoms with van der Waals surface area (Å²) in [6.45, 7) is 2.32. The predicted octanol–water partition coefficient (Wildman–Crippen LogP) is 4.52. The number of nitrogens with one attached hydrogen (secondary N) is 1. The highest BCUT2D eigenvalue weighted by Crippen LogP contribution is 2.35. The Bertz CT molecular complexity index is 908. The van der Waals surface area contributed by atoms with Gasteiger partial charge in [0, 0.05) is 17.1 Å². The fourth-order valence-corrected chi connectivity index (χ4v) is 3.80. The number of H-pyrrole nitrogens is 1. The van der Waals surface area contributed by atoms with Crippen LogP contribution >= 0.6 is 0 Å². The molecular formula is C21H21N3. The number of benzene rings is 2. The van der Waals surface area contributed by atoms with E-state index in [-0.39, 0.29) is 0 Å². The van der Waals surface area contributed by atoms with E-state index in [0.29, 0.717) is 5.92 Å². The summed E-state index contributed by atoms with van der Waals surface area (Å²) < 4.78 is 0. The van der Waals surface area contributed by atoms with Crippen LogP contribution in [0.2, 0.25) is 0 Å². The number of likely N-dealkylation sites (tertiary alicyclic amines) is 1. The number of aromatic amines is 1. The summed E-state index contributed by atoms with van der Waals surface area (Å²) in [4.78, 5) is 5.83. The van der Waals surface area contributed by atoms with E-state index in [9.17, 15) is 5.26 Å². The molecule has 0 spiro atoms. The van der Waals surface area contributed by atoms with Crippen molar-refractivity contribution in [1.29, 1.82) is 5.26 Å². The first-order chi connectivity index (χ1) is 11.8. The first-order valence-corrected chi connectivity index (χ1v) is 8.55. The molecule has 0 radical (unpaired) electrons. The van der Waals surface area contributed by atoms with Crippen LogP contribution in [0, 0.1) is 11.3 Å². The summed E-state index contributed by atoms with van der Waals surface area (Å²) >= 11 is 0. The van der Waals surface area contributed by atoms with Crippen LogP contribution in [-0.2, 0) is 0 Å². The molecule has 120 valence electrons. The summed E-state index contributed by atoms with van der Waals surface area (Å²) in [6, 6.07) is 16.6.